The normalized spacial score (nSPS) is 18.3. The van der Waals surface area contributed by atoms with Gasteiger partial charge in [-0.15, -0.1) is 16.8 Å². The minimum atomic E-state index is -3.63. The van der Waals surface area contributed by atoms with Gasteiger partial charge in [0.2, 0.25) is 15.9 Å². The summed E-state index contributed by atoms with van der Waals surface area (Å²) in [6.45, 7) is 7.53. The van der Waals surface area contributed by atoms with Crippen LogP contribution in [-0.4, -0.2) is 71.0 Å². The van der Waals surface area contributed by atoms with Crippen LogP contribution in [0.15, 0.2) is 47.0 Å². The van der Waals surface area contributed by atoms with E-state index >= 15 is 0 Å². The topological polar surface area (TPSA) is 106 Å². The highest BCUT2D eigenvalue weighted by Gasteiger charge is 2.29. The second kappa shape index (κ2) is 9.74. The first-order valence-corrected chi connectivity index (χ1v) is 12.9. The molecule has 32 heavy (non-hydrogen) atoms. The Morgan fingerprint density at radius 3 is 2.78 bits per heavy atom. The Hall–Kier alpha value is -2.21. The van der Waals surface area contributed by atoms with Gasteiger partial charge in [-0.1, -0.05) is 30.0 Å². The highest BCUT2D eigenvalue weighted by Crippen LogP contribution is 2.29. The van der Waals surface area contributed by atoms with Crippen LogP contribution >= 0.6 is 11.8 Å². The molecule has 2 fully saturated rings. The van der Waals surface area contributed by atoms with Gasteiger partial charge in [0.1, 0.15) is 0 Å². The van der Waals surface area contributed by atoms with Crippen LogP contribution in [0.5, 0.6) is 0 Å². The van der Waals surface area contributed by atoms with Gasteiger partial charge in [-0.25, -0.2) is 8.42 Å². The van der Waals surface area contributed by atoms with Gasteiger partial charge in [0.25, 0.3) is 0 Å². The molecule has 11 heteroatoms. The molecule has 172 valence electrons. The Balaban J connectivity index is 1.60. The van der Waals surface area contributed by atoms with Crippen molar-refractivity contribution in [1.29, 1.82) is 0 Å². The molecule has 0 bridgehead atoms. The smallest absolute Gasteiger partial charge is 0.243 e. The molecule has 1 aliphatic carbocycles. The first kappa shape index (κ1) is 23.0. The third kappa shape index (κ3) is 5.06. The van der Waals surface area contributed by atoms with E-state index in [1.54, 1.807) is 30.3 Å². The van der Waals surface area contributed by atoms with Crippen LogP contribution in [0.25, 0.3) is 11.4 Å². The summed E-state index contributed by atoms with van der Waals surface area (Å²) < 4.78 is 34.7. The third-order valence-electron chi connectivity index (χ3n) is 5.30. The summed E-state index contributed by atoms with van der Waals surface area (Å²) in [6, 6.07) is 7.01. The summed E-state index contributed by atoms with van der Waals surface area (Å²) in [4.78, 5) is 12.6. The van der Waals surface area contributed by atoms with Crippen molar-refractivity contribution in [2.24, 2.45) is 0 Å². The molecule has 1 saturated carbocycles. The lowest BCUT2D eigenvalue weighted by atomic mass is 10.2. The highest BCUT2D eigenvalue weighted by molar-refractivity contribution is 8.00. The number of allylic oxidation sites excluding steroid dienone is 1. The largest absolute Gasteiger partial charge is 0.379 e. The van der Waals surface area contributed by atoms with E-state index in [1.165, 1.54) is 16.1 Å². The molecule has 0 radical (unpaired) electrons. The Bertz CT molecular complexity index is 1090. The number of rotatable bonds is 9. The summed E-state index contributed by atoms with van der Waals surface area (Å²) >= 11 is 1.33. The van der Waals surface area contributed by atoms with Gasteiger partial charge in [0.15, 0.2) is 11.0 Å². The molecule has 1 unspecified atom stereocenters. The number of morpholine rings is 1. The van der Waals surface area contributed by atoms with Gasteiger partial charge in [-0.05, 0) is 31.9 Å². The van der Waals surface area contributed by atoms with E-state index in [-0.39, 0.29) is 16.1 Å². The number of carbonyl (C=O) groups is 1. The zero-order valence-corrected chi connectivity index (χ0v) is 19.6. The Morgan fingerprint density at radius 2 is 2.09 bits per heavy atom. The van der Waals surface area contributed by atoms with E-state index in [1.807, 2.05) is 11.5 Å². The van der Waals surface area contributed by atoms with Crippen molar-refractivity contribution in [2.45, 2.75) is 47.7 Å². The molecule has 1 aliphatic heterocycles. The Kier molecular flexibility index (Phi) is 6.99. The van der Waals surface area contributed by atoms with Crippen LogP contribution in [-0.2, 0) is 26.1 Å². The quantitative estimate of drug-likeness (QED) is 0.434. The summed E-state index contributed by atoms with van der Waals surface area (Å²) in [5.74, 6) is 0.507. The molecular weight excluding hydrogens is 450 g/mol. The molecule has 9 nitrogen and oxygen atoms in total. The number of amides is 1. The molecular formula is C21H27N5O4S2. The second-order valence-electron chi connectivity index (χ2n) is 7.79. The predicted molar refractivity (Wildman–Crippen MR) is 122 cm³/mol. The average Bonchev–Trinajstić information content (AvgIpc) is 3.54. The van der Waals surface area contributed by atoms with Crippen LogP contribution in [0.4, 0.5) is 0 Å². The van der Waals surface area contributed by atoms with Gasteiger partial charge in [0, 0.05) is 31.2 Å². The summed E-state index contributed by atoms with van der Waals surface area (Å²) in [5, 5.41) is 11.8. The Morgan fingerprint density at radius 1 is 1.34 bits per heavy atom. The monoisotopic (exact) mass is 477 g/mol. The van der Waals surface area contributed by atoms with E-state index in [9.17, 15) is 13.2 Å². The van der Waals surface area contributed by atoms with Gasteiger partial charge in [-0.3, -0.25) is 9.36 Å². The van der Waals surface area contributed by atoms with E-state index in [4.69, 9.17) is 4.74 Å². The number of sulfonamides is 1. The molecule has 4 rings (SSSR count). The van der Waals surface area contributed by atoms with E-state index in [2.05, 4.69) is 22.1 Å². The molecule has 2 aliphatic rings. The lowest BCUT2D eigenvalue weighted by molar-refractivity contribution is -0.120. The van der Waals surface area contributed by atoms with E-state index in [0.29, 0.717) is 55.4 Å². The number of nitrogens with one attached hydrogen (secondary N) is 1. The molecule has 2 aromatic rings. The molecule has 1 aromatic carbocycles. The minimum Gasteiger partial charge on any atom is -0.379 e. The first-order chi connectivity index (χ1) is 15.4. The highest BCUT2D eigenvalue weighted by atomic mass is 32.2. The number of nitrogens with zero attached hydrogens (tertiary/aromatic N) is 4. The maximum atomic E-state index is 13.1. The molecule has 0 spiro atoms. The van der Waals surface area contributed by atoms with Gasteiger partial charge in [0.05, 0.1) is 23.4 Å². The average molecular weight is 478 g/mol. The van der Waals surface area contributed by atoms with Crippen molar-refractivity contribution in [3.63, 3.8) is 0 Å². The van der Waals surface area contributed by atoms with E-state index in [0.717, 1.165) is 12.8 Å². The standard InChI is InChI=1S/C21H27N5O4S2/c1-3-9-26-19(23-24-21(26)31-15(2)20(27)22-17-7-8-17)16-5-4-6-18(14-16)32(28,29)25-10-12-30-13-11-25/h3-6,14-15,17H,1,7-13H2,2H3,(H,22,27). The lowest BCUT2D eigenvalue weighted by Crippen LogP contribution is -2.40. The SMILES string of the molecule is C=CCn1c(SC(C)C(=O)NC2CC2)nnc1-c1cccc(S(=O)(=O)N2CCOCC2)c1. The molecule has 1 atom stereocenters. The molecule has 1 amide bonds. The zero-order chi connectivity index (χ0) is 22.7. The number of hydrogen-bond acceptors (Lipinski definition) is 7. The van der Waals surface area contributed by atoms with Crippen LogP contribution in [0.3, 0.4) is 0 Å². The number of thioether (sulfide) groups is 1. The summed E-state index contributed by atoms with van der Waals surface area (Å²) in [6.07, 6.45) is 3.79. The molecule has 1 aromatic heterocycles. The van der Waals surface area contributed by atoms with Crippen molar-refractivity contribution >= 4 is 27.7 Å². The molecule has 1 saturated heterocycles. The number of benzene rings is 1. The van der Waals surface area contributed by atoms with Crippen LogP contribution in [0, 0.1) is 0 Å². The second-order valence-corrected chi connectivity index (χ2v) is 11.0. The molecule has 2 heterocycles. The van der Waals surface area contributed by atoms with Gasteiger partial charge >= 0.3 is 0 Å². The first-order valence-electron chi connectivity index (χ1n) is 10.6. The van der Waals surface area contributed by atoms with Crippen molar-refractivity contribution in [3.05, 3.63) is 36.9 Å². The van der Waals surface area contributed by atoms with Crippen LogP contribution in [0.1, 0.15) is 19.8 Å². The fourth-order valence-corrected chi connectivity index (χ4v) is 5.69. The third-order valence-corrected chi connectivity index (χ3v) is 8.28. The van der Waals surface area contributed by atoms with E-state index < -0.39 is 10.0 Å². The fraction of sp³-hybridized carbons (Fsp3) is 0.476. The number of ether oxygens (including phenoxy) is 1. The Labute approximate surface area is 192 Å². The van der Waals surface area contributed by atoms with Crippen molar-refractivity contribution in [2.75, 3.05) is 26.3 Å². The summed E-state index contributed by atoms with van der Waals surface area (Å²) in [5.41, 5.74) is 0.635. The number of aromatic nitrogens is 3. The lowest BCUT2D eigenvalue weighted by Gasteiger charge is -2.26. The van der Waals surface area contributed by atoms with Crippen molar-refractivity contribution in [1.82, 2.24) is 24.4 Å². The van der Waals surface area contributed by atoms with Gasteiger partial charge < -0.3 is 10.1 Å². The number of carbonyl (C=O) groups excluding carboxylic acids is 1. The zero-order valence-electron chi connectivity index (χ0n) is 17.9. The summed E-state index contributed by atoms with van der Waals surface area (Å²) in [7, 11) is -3.63. The molecule has 1 N–H and O–H groups in total. The minimum absolute atomic E-state index is 0.0224. The van der Waals surface area contributed by atoms with Crippen LogP contribution < -0.4 is 5.32 Å². The van der Waals surface area contributed by atoms with Gasteiger partial charge in [-0.2, -0.15) is 4.31 Å². The maximum absolute atomic E-state index is 13.1. The predicted octanol–water partition coefficient (Wildman–Crippen LogP) is 1.91. The van der Waals surface area contributed by atoms with Crippen LogP contribution in [0.2, 0.25) is 0 Å². The fourth-order valence-electron chi connectivity index (χ4n) is 3.37. The maximum Gasteiger partial charge on any atom is 0.243 e. The van der Waals surface area contributed by atoms with Crippen molar-refractivity contribution in [3.8, 4) is 11.4 Å². The number of hydrogen-bond donors (Lipinski definition) is 1. The van der Waals surface area contributed by atoms with Crippen molar-refractivity contribution < 1.29 is 17.9 Å².